The zero-order valence-electron chi connectivity index (χ0n) is 20.0. The van der Waals surface area contributed by atoms with Gasteiger partial charge in [0, 0.05) is 5.92 Å². The predicted molar refractivity (Wildman–Crippen MR) is 127 cm³/mol. The van der Waals surface area contributed by atoms with Crippen molar-refractivity contribution >= 4 is 0 Å². The van der Waals surface area contributed by atoms with E-state index in [9.17, 15) is 5.26 Å². The minimum Gasteiger partial charge on any atom is -0.198 e. The van der Waals surface area contributed by atoms with Crippen LogP contribution in [0.15, 0.2) is 0 Å². The van der Waals surface area contributed by atoms with E-state index in [-0.39, 0.29) is 0 Å². The number of hydrogen-bond donors (Lipinski definition) is 0. The van der Waals surface area contributed by atoms with Gasteiger partial charge in [0.05, 0.1) is 6.07 Å². The third-order valence-electron chi connectivity index (χ3n) is 8.36. The van der Waals surface area contributed by atoms with Crippen LogP contribution in [0.5, 0.6) is 0 Å². The molecule has 2 saturated carbocycles. The van der Waals surface area contributed by atoms with Crippen LogP contribution in [0.4, 0.5) is 0 Å². The third kappa shape index (κ3) is 9.89. The van der Waals surface area contributed by atoms with Crippen molar-refractivity contribution in [2.24, 2.45) is 29.6 Å². The van der Waals surface area contributed by atoms with Crippen LogP contribution in [0.25, 0.3) is 0 Å². The summed E-state index contributed by atoms with van der Waals surface area (Å²) in [6, 6.07) is 2.76. The Balaban J connectivity index is 1.59. The summed E-state index contributed by atoms with van der Waals surface area (Å²) in [5.41, 5.74) is 0. The third-order valence-corrected chi connectivity index (χ3v) is 8.36. The van der Waals surface area contributed by atoms with Crippen molar-refractivity contribution in [1.29, 1.82) is 5.26 Å². The summed E-state index contributed by atoms with van der Waals surface area (Å²) in [6.45, 7) is 4.60. The fourth-order valence-corrected chi connectivity index (χ4v) is 6.24. The molecule has 0 aliphatic heterocycles. The number of nitriles is 1. The molecule has 0 aromatic rings. The number of nitrogens with zero attached hydrogens (tertiary/aromatic N) is 1. The first-order valence-electron chi connectivity index (χ1n) is 13.7. The first kappa shape index (κ1) is 24.8. The largest absolute Gasteiger partial charge is 0.198 e. The minimum absolute atomic E-state index is 0.353. The summed E-state index contributed by atoms with van der Waals surface area (Å²) < 4.78 is 0. The molecule has 0 spiro atoms. The molecule has 2 fully saturated rings. The van der Waals surface area contributed by atoms with Crippen LogP contribution in [-0.4, -0.2) is 0 Å². The Hall–Kier alpha value is -0.510. The van der Waals surface area contributed by atoms with E-state index < -0.39 is 0 Å². The molecule has 0 aromatic heterocycles. The molecule has 0 saturated heterocycles. The first-order valence-corrected chi connectivity index (χ1v) is 13.7. The first-order chi connectivity index (χ1) is 14.3. The summed E-state index contributed by atoms with van der Waals surface area (Å²) in [7, 11) is 0. The van der Waals surface area contributed by atoms with Crippen LogP contribution in [0.2, 0.25) is 0 Å². The highest BCUT2D eigenvalue weighted by Crippen LogP contribution is 2.41. The Kier molecular flexibility index (Phi) is 13.1. The van der Waals surface area contributed by atoms with Gasteiger partial charge in [0.25, 0.3) is 0 Å². The highest BCUT2D eigenvalue weighted by molar-refractivity contribution is 4.92. The van der Waals surface area contributed by atoms with Gasteiger partial charge in [-0.1, -0.05) is 123 Å². The van der Waals surface area contributed by atoms with E-state index in [0.29, 0.717) is 11.8 Å². The number of rotatable bonds is 14. The molecule has 2 aliphatic rings. The smallest absolute Gasteiger partial charge is 0.0658 e. The molecule has 0 aromatic carbocycles. The number of unbranched alkanes of at least 4 members (excludes halogenated alkanes) is 7. The van der Waals surface area contributed by atoms with E-state index >= 15 is 0 Å². The van der Waals surface area contributed by atoms with Gasteiger partial charge in [0.2, 0.25) is 0 Å². The van der Waals surface area contributed by atoms with Crippen molar-refractivity contribution in [2.75, 3.05) is 0 Å². The molecule has 168 valence electrons. The van der Waals surface area contributed by atoms with Crippen LogP contribution in [0.1, 0.15) is 142 Å². The van der Waals surface area contributed by atoms with Crippen LogP contribution in [0, 0.1) is 40.9 Å². The Morgan fingerprint density at radius 2 is 1.07 bits per heavy atom. The van der Waals surface area contributed by atoms with Crippen LogP contribution in [-0.2, 0) is 0 Å². The number of hydrogen-bond acceptors (Lipinski definition) is 1. The molecule has 1 unspecified atom stereocenters. The van der Waals surface area contributed by atoms with E-state index in [1.807, 2.05) is 0 Å². The molecule has 0 bridgehead atoms. The van der Waals surface area contributed by atoms with Gasteiger partial charge >= 0.3 is 0 Å². The van der Waals surface area contributed by atoms with Crippen LogP contribution < -0.4 is 0 Å². The fraction of sp³-hybridized carbons (Fsp3) is 0.964. The van der Waals surface area contributed by atoms with E-state index in [1.54, 1.807) is 0 Å². The molecule has 0 amide bonds. The average molecular weight is 402 g/mol. The van der Waals surface area contributed by atoms with Crippen molar-refractivity contribution in [3.05, 3.63) is 0 Å². The molecule has 1 atom stereocenters. The second kappa shape index (κ2) is 15.3. The molecular formula is C28H51N. The second-order valence-electron chi connectivity index (χ2n) is 10.7. The maximum absolute atomic E-state index is 9.86. The lowest BCUT2D eigenvalue weighted by molar-refractivity contribution is 0.177. The topological polar surface area (TPSA) is 23.8 Å². The van der Waals surface area contributed by atoms with Crippen molar-refractivity contribution in [3.8, 4) is 6.07 Å². The van der Waals surface area contributed by atoms with Crippen molar-refractivity contribution in [1.82, 2.24) is 0 Å². The molecule has 2 aliphatic carbocycles. The van der Waals surface area contributed by atoms with Gasteiger partial charge < -0.3 is 0 Å². The Morgan fingerprint density at radius 3 is 1.59 bits per heavy atom. The lowest BCUT2D eigenvalue weighted by Gasteiger charge is -2.34. The van der Waals surface area contributed by atoms with Gasteiger partial charge in [-0.15, -0.1) is 0 Å². The zero-order chi connectivity index (χ0) is 20.7. The van der Waals surface area contributed by atoms with Gasteiger partial charge in [0.1, 0.15) is 0 Å². The van der Waals surface area contributed by atoms with Gasteiger partial charge in [0.15, 0.2) is 0 Å². The highest BCUT2D eigenvalue weighted by Gasteiger charge is 2.30. The van der Waals surface area contributed by atoms with E-state index in [1.165, 1.54) is 128 Å². The van der Waals surface area contributed by atoms with Gasteiger partial charge in [-0.25, -0.2) is 0 Å². The summed E-state index contributed by atoms with van der Waals surface area (Å²) in [5.74, 6) is 3.88. The van der Waals surface area contributed by atoms with Gasteiger partial charge in [-0.3, -0.25) is 0 Å². The Labute approximate surface area is 183 Å². The fourth-order valence-electron chi connectivity index (χ4n) is 6.24. The summed E-state index contributed by atoms with van der Waals surface area (Å²) in [6.07, 6.45) is 28.1. The molecule has 0 N–H and O–H groups in total. The lowest BCUT2D eigenvalue weighted by Crippen LogP contribution is -2.24. The molecule has 1 nitrogen and oxygen atoms in total. The van der Waals surface area contributed by atoms with Gasteiger partial charge in [-0.05, 0) is 42.9 Å². The van der Waals surface area contributed by atoms with Crippen molar-refractivity contribution < 1.29 is 0 Å². The minimum atomic E-state index is 0.353. The standard InChI is InChI=1S/C28H51N/c1-3-5-7-9-11-13-24-14-16-26(17-15-24)22-28(23-29)27-20-18-25(19-21-27)12-10-8-6-4-2/h24-28H,3-22H2,1-2H3. The van der Waals surface area contributed by atoms with Crippen molar-refractivity contribution in [3.63, 3.8) is 0 Å². The van der Waals surface area contributed by atoms with Crippen molar-refractivity contribution in [2.45, 2.75) is 142 Å². The van der Waals surface area contributed by atoms with E-state index in [4.69, 9.17) is 0 Å². The lowest BCUT2D eigenvalue weighted by atomic mass is 9.70. The molecule has 0 heterocycles. The van der Waals surface area contributed by atoms with E-state index in [0.717, 1.165) is 17.8 Å². The summed E-state index contributed by atoms with van der Waals surface area (Å²) >= 11 is 0. The molecule has 0 radical (unpaired) electrons. The monoisotopic (exact) mass is 401 g/mol. The normalized spacial score (nSPS) is 28.7. The molecule has 1 heteroatoms. The maximum atomic E-state index is 9.86. The Morgan fingerprint density at radius 1 is 0.621 bits per heavy atom. The zero-order valence-corrected chi connectivity index (χ0v) is 20.0. The maximum Gasteiger partial charge on any atom is 0.0658 e. The van der Waals surface area contributed by atoms with Crippen LogP contribution in [0.3, 0.4) is 0 Å². The molecule has 29 heavy (non-hydrogen) atoms. The highest BCUT2D eigenvalue weighted by atomic mass is 14.4. The summed E-state index contributed by atoms with van der Waals surface area (Å²) in [4.78, 5) is 0. The summed E-state index contributed by atoms with van der Waals surface area (Å²) in [5, 5.41) is 9.86. The average Bonchev–Trinajstić information content (AvgIpc) is 2.76. The second-order valence-corrected chi connectivity index (χ2v) is 10.7. The molecular weight excluding hydrogens is 350 g/mol. The van der Waals surface area contributed by atoms with E-state index in [2.05, 4.69) is 19.9 Å². The SMILES string of the molecule is CCCCCCCC1CCC(CC(C#N)C2CCC(CCCCCC)CC2)CC1. The van der Waals surface area contributed by atoms with Gasteiger partial charge in [-0.2, -0.15) is 5.26 Å². The predicted octanol–water partition coefficient (Wildman–Crippen LogP) is 9.46. The van der Waals surface area contributed by atoms with Crippen LogP contribution >= 0.6 is 0 Å². The Bertz CT molecular complexity index is 420. The quantitative estimate of drug-likeness (QED) is 0.266. The molecule has 2 rings (SSSR count).